The van der Waals surface area contributed by atoms with Crippen molar-refractivity contribution in [3.8, 4) is 12.3 Å². The predicted molar refractivity (Wildman–Crippen MR) is 65.8 cm³/mol. The van der Waals surface area contributed by atoms with Crippen LogP contribution in [0.3, 0.4) is 0 Å². The summed E-state index contributed by atoms with van der Waals surface area (Å²) in [6.07, 6.45) is 10.9. The number of likely N-dealkylation sites (tertiary alicyclic amines) is 1. The molecule has 1 rings (SSSR count). The highest BCUT2D eigenvalue weighted by atomic mass is 15.2. The standard InChI is InChI=1S/C13H24N2/c1-5-12(14-4)13(2,3)15-10-8-6-7-9-11-15/h1,12,14H,6-11H2,2-4H3. The SMILES string of the molecule is C#CC(NC)C(C)(C)N1CCCCCC1. The summed E-state index contributed by atoms with van der Waals surface area (Å²) in [5.74, 6) is 2.86. The smallest absolute Gasteiger partial charge is 0.0865 e. The molecule has 1 fully saturated rings. The molecule has 1 unspecified atom stereocenters. The first-order valence-electron chi connectivity index (χ1n) is 6.01. The lowest BCUT2D eigenvalue weighted by Crippen LogP contribution is -2.56. The average molecular weight is 208 g/mol. The van der Waals surface area contributed by atoms with E-state index in [4.69, 9.17) is 6.42 Å². The number of nitrogens with one attached hydrogen (secondary N) is 1. The number of nitrogens with zero attached hydrogens (tertiary/aromatic N) is 1. The third kappa shape index (κ3) is 2.96. The second-order valence-electron chi connectivity index (χ2n) is 4.94. The van der Waals surface area contributed by atoms with Gasteiger partial charge in [0.1, 0.15) is 0 Å². The van der Waals surface area contributed by atoms with Gasteiger partial charge in [-0.1, -0.05) is 18.8 Å². The van der Waals surface area contributed by atoms with Crippen molar-refractivity contribution in [2.75, 3.05) is 20.1 Å². The first-order valence-corrected chi connectivity index (χ1v) is 6.01. The highest BCUT2D eigenvalue weighted by Gasteiger charge is 2.33. The van der Waals surface area contributed by atoms with Crippen molar-refractivity contribution in [3.63, 3.8) is 0 Å². The van der Waals surface area contributed by atoms with E-state index in [2.05, 4.69) is 30.0 Å². The second kappa shape index (κ2) is 5.53. The molecule has 0 aromatic carbocycles. The second-order valence-corrected chi connectivity index (χ2v) is 4.94. The molecule has 0 aliphatic carbocycles. The Morgan fingerprint density at radius 1 is 1.20 bits per heavy atom. The normalized spacial score (nSPS) is 21.7. The van der Waals surface area contributed by atoms with E-state index in [1.807, 2.05) is 7.05 Å². The van der Waals surface area contributed by atoms with E-state index in [1.165, 1.54) is 38.8 Å². The quantitative estimate of drug-likeness (QED) is 0.712. The van der Waals surface area contributed by atoms with Crippen LogP contribution in [0.2, 0.25) is 0 Å². The lowest BCUT2D eigenvalue weighted by atomic mass is 9.92. The van der Waals surface area contributed by atoms with Crippen molar-refractivity contribution in [2.45, 2.75) is 51.1 Å². The van der Waals surface area contributed by atoms with Gasteiger partial charge in [-0.2, -0.15) is 0 Å². The molecule has 2 nitrogen and oxygen atoms in total. The van der Waals surface area contributed by atoms with Gasteiger partial charge in [-0.05, 0) is 46.8 Å². The van der Waals surface area contributed by atoms with E-state index in [0.29, 0.717) is 0 Å². The molecule has 1 heterocycles. The van der Waals surface area contributed by atoms with Gasteiger partial charge in [0.05, 0.1) is 6.04 Å². The summed E-state index contributed by atoms with van der Waals surface area (Å²) in [6.45, 7) is 6.87. The van der Waals surface area contributed by atoms with Gasteiger partial charge in [0.15, 0.2) is 0 Å². The van der Waals surface area contributed by atoms with Crippen molar-refractivity contribution in [3.05, 3.63) is 0 Å². The summed E-state index contributed by atoms with van der Waals surface area (Å²) in [5.41, 5.74) is 0.0633. The van der Waals surface area contributed by atoms with Crippen LogP contribution in [0.15, 0.2) is 0 Å². The monoisotopic (exact) mass is 208 g/mol. The Labute approximate surface area is 94.4 Å². The fourth-order valence-electron chi connectivity index (χ4n) is 2.47. The van der Waals surface area contributed by atoms with Gasteiger partial charge in [-0.25, -0.2) is 0 Å². The molecule has 1 atom stereocenters. The third-order valence-corrected chi connectivity index (χ3v) is 3.58. The molecule has 0 aromatic rings. The molecule has 0 radical (unpaired) electrons. The van der Waals surface area contributed by atoms with Gasteiger partial charge in [-0.15, -0.1) is 6.42 Å². The molecule has 1 aliphatic rings. The molecule has 15 heavy (non-hydrogen) atoms. The first-order chi connectivity index (χ1) is 7.12. The van der Waals surface area contributed by atoms with Crippen LogP contribution in [0.5, 0.6) is 0 Å². The van der Waals surface area contributed by atoms with E-state index in [1.54, 1.807) is 0 Å². The van der Waals surface area contributed by atoms with E-state index >= 15 is 0 Å². The topological polar surface area (TPSA) is 15.3 Å². The average Bonchev–Trinajstić information content (AvgIpc) is 2.47. The summed E-state index contributed by atoms with van der Waals surface area (Å²) in [4.78, 5) is 2.54. The minimum absolute atomic E-state index is 0.0633. The van der Waals surface area contributed by atoms with Crippen molar-refractivity contribution in [2.24, 2.45) is 0 Å². The van der Waals surface area contributed by atoms with Crippen molar-refractivity contribution in [1.29, 1.82) is 0 Å². The van der Waals surface area contributed by atoms with Crippen LogP contribution in [0.25, 0.3) is 0 Å². The molecular weight excluding hydrogens is 184 g/mol. The molecule has 0 amide bonds. The Kier molecular flexibility index (Phi) is 4.63. The van der Waals surface area contributed by atoms with Gasteiger partial charge in [-0.3, -0.25) is 4.90 Å². The minimum Gasteiger partial charge on any atom is -0.305 e. The molecular formula is C13H24N2. The fourth-order valence-corrected chi connectivity index (χ4v) is 2.47. The fraction of sp³-hybridized carbons (Fsp3) is 0.846. The molecule has 0 saturated carbocycles. The molecule has 2 heteroatoms. The summed E-state index contributed by atoms with van der Waals surface area (Å²) in [7, 11) is 1.95. The molecule has 0 spiro atoms. The highest BCUT2D eigenvalue weighted by Crippen LogP contribution is 2.23. The summed E-state index contributed by atoms with van der Waals surface area (Å²) < 4.78 is 0. The first kappa shape index (κ1) is 12.5. The molecule has 0 bridgehead atoms. The maximum atomic E-state index is 5.58. The maximum Gasteiger partial charge on any atom is 0.0865 e. The van der Waals surface area contributed by atoms with E-state index in [9.17, 15) is 0 Å². The Morgan fingerprint density at radius 3 is 2.13 bits per heavy atom. The molecule has 1 aliphatic heterocycles. The Bertz CT molecular complexity index is 219. The van der Waals surface area contributed by atoms with Gasteiger partial charge >= 0.3 is 0 Å². The largest absolute Gasteiger partial charge is 0.305 e. The zero-order valence-electron chi connectivity index (χ0n) is 10.3. The van der Waals surface area contributed by atoms with Crippen LogP contribution >= 0.6 is 0 Å². The van der Waals surface area contributed by atoms with Gasteiger partial charge in [0, 0.05) is 5.54 Å². The number of rotatable bonds is 3. The minimum atomic E-state index is 0.0633. The van der Waals surface area contributed by atoms with Crippen LogP contribution in [-0.2, 0) is 0 Å². The number of likely N-dealkylation sites (N-methyl/N-ethyl adjacent to an activating group) is 1. The van der Waals surface area contributed by atoms with Gasteiger partial charge in [0.2, 0.25) is 0 Å². The Morgan fingerprint density at radius 2 is 1.73 bits per heavy atom. The lowest BCUT2D eigenvalue weighted by Gasteiger charge is -2.41. The molecule has 0 aromatic heterocycles. The summed E-state index contributed by atoms with van der Waals surface area (Å²) in [5, 5.41) is 3.23. The van der Waals surface area contributed by atoms with Gasteiger partial charge in [0.25, 0.3) is 0 Å². The highest BCUT2D eigenvalue weighted by molar-refractivity contribution is 5.10. The number of terminal acetylenes is 1. The zero-order valence-corrected chi connectivity index (χ0v) is 10.3. The van der Waals surface area contributed by atoms with Crippen LogP contribution in [-0.4, -0.2) is 36.6 Å². The Balaban J connectivity index is 2.69. The van der Waals surface area contributed by atoms with Crippen LogP contribution < -0.4 is 5.32 Å². The zero-order chi connectivity index (χ0) is 11.3. The van der Waals surface area contributed by atoms with Gasteiger partial charge < -0.3 is 5.32 Å². The van der Waals surface area contributed by atoms with Crippen LogP contribution in [0.4, 0.5) is 0 Å². The predicted octanol–water partition coefficient (Wildman–Crippen LogP) is 1.86. The van der Waals surface area contributed by atoms with E-state index in [0.717, 1.165) is 0 Å². The maximum absolute atomic E-state index is 5.58. The van der Waals surface area contributed by atoms with Crippen molar-refractivity contribution >= 4 is 0 Å². The van der Waals surface area contributed by atoms with Crippen LogP contribution in [0.1, 0.15) is 39.5 Å². The van der Waals surface area contributed by atoms with Crippen LogP contribution in [0, 0.1) is 12.3 Å². The van der Waals surface area contributed by atoms with E-state index < -0.39 is 0 Å². The lowest BCUT2D eigenvalue weighted by molar-refractivity contribution is 0.105. The molecule has 1 saturated heterocycles. The summed E-state index contributed by atoms with van der Waals surface area (Å²) in [6, 6.07) is 0.135. The molecule has 86 valence electrons. The Hall–Kier alpha value is -0.520. The van der Waals surface area contributed by atoms with Crippen molar-refractivity contribution in [1.82, 2.24) is 10.2 Å². The van der Waals surface area contributed by atoms with E-state index in [-0.39, 0.29) is 11.6 Å². The summed E-state index contributed by atoms with van der Waals surface area (Å²) >= 11 is 0. The number of hydrogen-bond acceptors (Lipinski definition) is 2. The van der Waals surface area contributed by atoms with Crippen molar-refractivity contribution < 1.29 is 0 Å². The molecule has 1 N–H and O–H groups in total. The third-order valence-electron chi connectivity index (χ3n) is 3.58. The number of hydrogen-bond donors (Lipinski definition) is 1.